The SMILES string of the molecule is COc1ccccc1/C=c1\sc2nc(/C=C/c3ccc(OC)c(OC)c3)nn2c1=O. The fourth-order valence-corrected chi connectivity index (χ4v) is 3.88. The van der Waals surface area contributed by atoms with Crippen LogP contribution < -0.4 is 24.3 Å². The van der Waals surface area contributed by atoms with Gasteiger partial charge >= 0.3 is 0 Å². The van der Waals surface area contributed by atoms with Gasteiger partial charge in [-0.2, -0.15) is 9.50 Å². The molecule has 0 N–H and O–H groups in total. The molecule has 152 valence electrons. The minimum atomic E-state index is -0.209. The molecule has 0 bridgehead atoms. The van der Waals surface area contributed by atoms with Crippen LogP contribution in [0.5, 0.6) is 17.2 Å². The molecule has 0 unspecified atom stereocenters. The van der Waals surface area contributed by atoms with Crippen LogP contribution >= 0.6 is 11.3 Å². The molecule has 0 aliphatic rings. The Kier molecular flexibility index (Phi) is 5.49. The predicted molar refractivity (Wildman–Crippen MR) is 117 cm³/mol. The smallest absolute Gasteiger partial charge is 0.291 e. The molecule has 4 aromatic rings. The van der Waals surface area contributed by atoms with Crippen LogP contribution in [0.2, 0.25) is 0 Å². The molecule has 4 rings (SSSR count). The van der Waals surface area contributed by atoms with E-state index in [1.54, 1.807) is 33.5 Å². The summed E-state index contributed by atoms with van der Waals surface area (Å²) in [7, 11) is 4.78. The Morgan fingerprint density at radius 2 is 1.70 bits per heavy atom. The van der Waals surface area contributed by atoms with Crippen molar-refractivity contribution >= 4 is 34.5 Å². The molecule has 30 heavy (non-hydrogen) atoms. The van der Waals surface area contributed by atoms with Crippen LogP contribution in [-0.4, -0.2) is 35.9 Å². The Morgan fingerprint density at radius 3 is 2.43 bits per heavy atom. The summed E-state index contributed by atoms with van der Waals surface area (Å²) in [6.07, 6.45) is 5.40. The maximum Gasteiger partial charge on any atom is 0.291 e. The topological polar surface area (TPSA) is 74.9 Å². The van der Waals surface area contributed by atoms with Gasteiger partial charge in [-0.1, -0.05) is 41.7 Å². The van der Waals surface area contributed by atoms with Gasteiger partial charge in [0.2, 0.25) is 4.96 Å². The van der Waals surface area contributed by atoms with E-state index >= 15 is 0 Å². The van der Waals surface area contributed by atoms with E-state index < -0.39 is 0 Å². The van der Waals surface area contributed by atoms with E-state index in [0.717, 1.165) is 11.1 Å². The number of hydrogen-bond donors (Lipinski definition) is 0. The van der Waals surface area contributed by atoms with Gasteiger partial charge in [0.15, 0.2) is 17.3 Å². The van der Waals surface area contributed by atoms with Gasteiger partial charge in [-0.15, -0.1) is 5.10 Å². The van der Waals surface area contributed by atoms with Crippen LogP contribution in [0.1, 0.15) is 17.0 Å². The number of hydrogen-bond acceptors (Lipinski definition) is 7. The normalized spacial score (nSPS) is 12.0. The highest BCUT2D eigenvalue weighted by Gasteiger charge is 2.10. The maximum absolute atomic E-state index is 12.7. The molecule has 0 fully saturated rings. The lowest BCUT2D eigenvalue weighted by Crippen LogP contribution is -2.23. The first-order chi connectivity index (χ1) is 14.6. The summed E-state index contributed by atoms with van der Waals surface area (Å²) in [5.74, 6) is 2.45. The number of ether oxygens (including phenoxy) is 3. The molecule has 0 aliphatic carbocycles. The number of aromatic nitrogens is 3. The van der Waals surface area contributed by atoms with Gasteiger partial charge in [-0.3, -0.25) is 4.79 Å². The largest absolute Gasteiger partial charge is 0.496 e. The van der Waals surface area contributed by atoms with Crippen LogP contribution in [0.15, 0.2) is 47.3 Å². The second-order valence-corrected chi connectivity index (χ2v) is 7.28. The summed E-state index contributed by atoms with van der Waals surface area (Å²) >= 11 is 1.29. The minimum absolute atomic E-state index is 0.209. The van der Waals surface area contributed by atoms with E-state index in [2.05, 4.69) is 10.1 Å². The lowest BCUT2D eigenvalue weighted by atomic mass is 10.2. The first-order valence-corrected chi connectivity index (χ1v) is 9.89. The summed E-state index contributed by atoms with van der Waals surface area (Å²) in [5, 5.41) is 4.32. The van der Waals surface area contributed by atoms with Gasteiger partial charge in [-0.25, -0.2) is 0 Å². The first-order valence-electron chi connectivity index (χ1n) is 9.07. The molecule has 8 heteroatoms. The molecule has 7 nitrogen and oxygen atoms in total. The molecule has 0 atom stereocenters. The first kappa shape index (κ1) is 19.7. The summed E-state index contributed by atoms with van der Waals surface area (Å²) < 4.78 is 17.8. The molecule has 2 aromatic heterocycles. The van der Waals surface area contributed by atoms with Crippen molar-refractivity contribution in [2.24, 2.45) is 0 Å². The highest BCUT2D eigenvalue weighted by atomic mass is 32.1. The number of thiazole rings is 1. The van der Waals surface area contributed by atoms with Gasteiger partial charge in [0.25, 0.3) is 5.56 Å². The predicted octanol–water partition coefficient (Wildman–Crippen LogP) is 2.89. The second kappa shape index (κ2) is 8.38. The zero-order valence-electron chi connectivity index (χ0n) is 16.7. The fraction of sp³-hybridized carbons (Fsp3) is 0.136. The highest BCUT2D eigenvalue weighted by Crippen LogP contribution is 2.28. The number of benzene rings is 2. The number of methoxy groups -OCH3 is 3. The van der Waals surface area contributed by atoms with Crippen molar-refractivity contribution in [1.82, 2.24) is 14.6 Å². The van der Waals surface area contributed by atoms with Gasteiger partial charge in [0.1, 0.15) is 5.75 Å². The molecule has 2 heterocycles. The Balaban J connectivity index is 1.65. The van der Waals surface area contributed by atoms with Crippen LogP contribution in [0.25, 0.3) is 23.2 Å². The van der Waals surface area contributed by atoms with E-state index in [4.69, 9.17) is 14.2 Å². The van der Waals surface area contributed by atoms with Crippen molar-refractivity contribution in [2.75, 3.05) is 21.3 Å². The highest BCUT2D eigenvalue weighted by molar-refractivity contribution is 7.15. The minimum Gasteiger partial charge on any atom is -0.496 e. The summed E-state index contributed by atoms with van der Waals surface area (Å²) in [6, 6.07) is 13.1. The summed E-state index contributed by atoms with van der Waals surface area (Å²) in [5.41, 5.74) is 1.52. The van der Waals surface area contributed by atoms with Crippen molar-refractivity contribution in [3.05, 3.63) is 74.3 Å². The third-order valence-corrected chi connectivity index (χ3v) is 5.42. The van der Waals surface area contributed by atoms with E-state index in [1.165, 1.54) is 15.9 Å². The van der Waals surface area contributed by atoms with Crippen LogP contribution in [0.3, 0.4) is 0 Å². The van der Waals surface area contributed by atoms with Gasteiger partial charge in [0.05, 0.1) is 25.9 Å². The van der Waals surface area contributed by atoms with Crippen molar-refractivity contribution in [2.45, 2.75) is 0 Å². The third-order valence-electron chi connectivity index (χ3n) is 4.46. The second-order valence-electron chi connectivity index (χ2n) is 6.27. The van der Waals surface area contributed by atoms with E-state index in [1.807, 2.05) is 48.5 Å². The quantitative estimate of drug-likeness (QED) is 0.477. The van der Waals surface area contributed by atoms with Crippen LogP contribution in [-0.2, 0) is 0 Å². The molecule has 2 aromatic carbocycles. The fourth-order valence-electron chi connectivity index (χ4n) is 2.97. The monoisotopic (exact) mass is 421 g/mol. The summed E-state index contributed by atoms with van der Waals surface area (Å²) in [4.78, 5) is 17.7. The molecule has 0 aliphatic heterocycles. The summed E-state index contributed by atoms with van der Waals surface area (Å²) in [6.45, 7) is 0. The number of para-hydroxylation sites is 1. The Morgan fingerprint density at radius 1 is 0.933 bits per heavy atom. The maximum atomic E-state index is 12.7. The Hall–Kier alpha value is -3.65. The number of fused-ring (bicyclic) bond motifs is 1. The molecule has 0 saturated heterocycles. The average Bonchev–Trinajstić information content (AvgIpc) is 3.31. The molecule has 0 radical (unpaired) electrons. The zero-order chi connectivity index (χ0) is 21.1. The van der Waals surface area contributed by atoms with Gasteiger partial charge in [0, 0.05) is 5.56 Å². The van der Waals surface area contributed by atoms with Gasteiger partial charge in [-0.05, 0) is 35.9 Å². The number of nitrogens with zero attached hydrogens (tertiary/aromatic N) is 3. The lowest BCUT2D eigenvalue weighted by molar-refractivity contribution is 0.355. The third kappa shape index (κ3) is 3.77. The van der Waals surface area contributed by atoms with Crippen LogP contribution in [0.4, 0.5) is 0 Å². The van der Waals surface area contributed by atoms with Crippen LogP contribution in [0, 0.1) is 0 Å². The van der Waals surface area contributed by atoms with Crippen molar-refractivity contribution in [3.8, 4) is 17.2 Å². The molecule has 0 amide bonds. The van der Waals surface area contributed by atoms with E-state index in [-0.39, 0.29) is 5.56 Å². The van der Waals surface area contributed by atoms with Crippen molar-refractivity contribution in [1.29, 1.82) is 0 Å². The van der Waals surface area contributed by atoms with Crippen molar-refractivity contribution in [3.63, 3.8) is 0 Å². The Labute approximate surface area is 176 Å². The number of rotatable bonds is 6. The van der Waals surface area contributed by atoms with E-state index in [9.17, 15) is 4.79 Å². The van der Waals surface area contributed by atoms with Crippen molar-refractivity contribution < 1.29 is 14.2 Å². The molecular formula is C22H19N3O4S. The standard InChI is InChI=1S/C22H19N3O4S/c1-27-16-7-5-4-6-15(16)13-19-21(26)25-22(30-19)23-20(24-25)11-9-14-8-10-17(28-2)18(12-14)29-3/h4-13H,1-3H3/b11-9+,19-13-. The molecular weight excluding hydrogens is 402 g/mol. The average molecular weight is 421 g/mol. The van der Waals surface area contributed by atoms with Gasteiger partial charge < -0.3 is 14.2 Å². The van der Waals surface area contributed by atoms with E-state index in [0.29, 0.717) is 32.6 Å². The zero-order valence-corrected chi connectivity index (χ0v) is 17.5. The molecule has 0 saturated carbocycles. The Bertz CT molecular complexity index is 1340. The molecule has 0 spiro atoms. The lowest BCUT2D eigenvalue weighted by Gasteiger charge is -2.07.